The van der Waals surface area contributed by atoms with Crippen LogP contribution < -0.4 is 15.5 Å². The standard InChI is InChI=1S/C21H31N3S/c1-24(2)8-7-22-20(25)23-19-5-3-18(4-6-19)21-12-15-9-16(13-21)11-17(10-15)14-21/h3-6,15-17H,7-14H2,1-2H3,(H2,22,23,25)/p+1. The Balaban J connectivity index is 1.38. The van der Waals surface area contributed by atoms with Gasteiger partial charge in [0.1, 0.15) is 0 Å². The second-order valence-corrected chi connectivity index (χ2v) is 9.52. The van der Waals surface area contributed by atoms with Crippen molar-refractivity contribution in [1.82, 2.24) is 5.32 Å². The third kappa shape index (κ3) is 3.70. The molecule has 4 aliphatic carbocycles. The van der Waals surface area contributed by atoms with Crippen LogP contribution in [0, 0.1) is 17.8 Å². The average molecular weight is 359 g/mol. The topological polar surface area (TPSA) is 28.5 Å². The van der Waals surface area contributed by atoms with Crippen LogP contribution in [0.25, 0.3) is 0 Å². The Morgan fingerprint density at radius 1 is 1.04 bits per heavy atom. The molecule has 0 amide bonds. The molecule has 1 aromatic carbocycles. The first-order chi connectivity index (χ1) is 12.0. The first-order valence-corrected chi connectivity index (χ1v) is 10.4. The molecule has 4 heteroatoms. The third-order valence-electron chi connectivity index (χ3n) is 6.70. The lowest BCUT2D eigenvalue weighted by Gasteiger charge is -2.57. The summed E-state index contributed by atoms with van der Waals surface area (Å²) in [6.45, 7) is 1.96. The first kappa shape index (κ1) is 17.3. The van der Waals surface area contributed by atoms with Gasteiger partial charge in [-0.2, -0.15) is 0 Å². The molecule has 4 bridgehead atoms. The quantitative estimate of drug-likeness (QED) is 0.707. The number of quaternary nitrogens is 1. The van der Waals surface area contributed by atoms with Crippen molar-refractivity contribution >= 4 is 23.0 Å². The number of anilines is 1. The second kappa shape index (κ2) is 6.88. The summed E-state index contributed by atoms with van der Waals surface area (Å²) in [7, 11) is 4.31. The number of hydrogen-bond donors (Lipinski definition) is 3. The fraction of sp³-hybridized carbons (Fsp3) is 0.667. The van der Waals surface area contributed by atoms with E-state index in [1.807, 2.05) is 0 Å². The fourth-order valence-electron chi connectivity index (χ4n) is 5.97. The Labute approximate surface area is 157 Å². The van der Waals surface area contributed by atoms with Crippen molar-refractivity contribution in [3.05, 3.63) is 29.8 Å². The van der Waals surface area contributed by atoms with E-state index in [1.165, 1.54) is 43.4 Å². The fourth-order valence-corrected chi connectivity index (χ4v) is 6.19. The molecule has 0 saturated heterocycles. The van der Waals surface area contributed by atoms with E-state index < -0.39 is 0 Å². The van der Waals surface area contributed by atoms with E-state index in [4.69, 9.17) is 12.2 Å². The molecule has 5 rings (SSSR count). The Bertz CT molecular complexity index is 587. The molecule has 0 radical (unpaired) electrons. The molecular weight excluding hydrogens is 326 g/mol. The van der Waals surface area contributed by atoms with E-state index in [2.05, 4.69) is 49.0 Å². The van der Waals surface area contributed by atoms with Crippen LogP contribution in [0.5, 0.6) is 0 Å². The molecule has 0 aromatic heterocycles. The maximum atomic E-state index is 5.41. The minimum atomic E-state index is 0.487. The lowest BCUT2D eigenvalue weighted by molar-refractivity contribution is -0.856. The number of nitrogens with one attached hydrogen (secondary N) is 3. The molecule has 25 heavy (non-hydrogen) atoms. The summed E-state index contributed by atoms with van der Waals surface area (Å²) in [5.74, 6) is 3.00. The zero-order chi connectivity index (χ0) is 17.4. The van der Waals surface area contributed by atoms with Gasteiger partial charge >= 0.3 is 0 Å². The highest BCUT2D eigenvalue weighted by atomic mass is 32.1. The highest BCUT2D eigenvalue weighted by Crippen LogP contribution is 2.60. The van der Waals surface area contributed by atoms with E-state index >= 15 is 0 Å². The van der Waals surface area contributed by atoms with Crippen molar-refractivity contribution in [2.75, 3.05) is 32.5 Å². The van der Waals surface area contributed by atoms with Gasteiger partial charge in [0.2, 0.25) is 0 Å². The second-order valence-electron chi connectivity index (χ2n) is 9.11. The Morgan fingerprint density at radius 3 is 2.12 bits per heavy atom. The Morgan fingerprint density at radius 2 is 1.60 bits per heavy atom. The van der Waals surface area contributed by atoms with Gasteiger partial charge in [0.05, 0.1) is 27.2 Å². The third-order valence-corrected chi connectivity index (χ3v) is 6.95. The van der Waals surface area contributed by atoms with Crippen molar-refractivity contribution in [3.8, 4) is 0 Å². The Hall–Kier alpha value is -1.13. The SMILES string of the molecule is C[NH+](C)CCNC(=S)Nc1ccc(C23CC4CC(CC(C4)C2)C3)cc1. The molecule has 3 nitrogen and oxygen atoms in total. The van der Waals surface area contributed by atoms with Crippen LogP contribution in [0.3, 0.4) is 0 Å². The van der Waals surface area contributed by atoms with Crippen molar-refractivity contribution in [1.29, 1.82) is 0 Å². The van der Waals surface area contributed by atoms with Gasteiger partial charge < -0.3 is 15.5 Å². The van der Waals surface area contributed by atoms with Gasteiger partial charge in [0, 0.05) is 5.69 Å². The molecule has 136 valence electrons. The molecule has 0 spiro atoms. The number of benzene rings is 1. The van der Waals surface area contributed by atoms with Gasteiger partial charge in [-0.25, -0.2) is 0 Å². The van der Waals surface area contributed by atoms with Crippen molar-refractivity contribution in [3.63, 3.8) is 0 Å². The van der Waals surface area contributed by atoms with Crippen molar-refractivity contribution < 1.29 is 4.90 Å². The highest BCUT2D eigenvalue weighted by Gasteiger charge is 2.51. The summed E-state index contributed by atoms with van der Waals surface area (Å²) in [6.07, 6.45) is 8.81. The van der Waals surface area contributed by atoms with E-state index in [9.17, 15) is 0 Å². The summed E-state index contributed by atoms with van der Waals surface area (Å²) in [5.41, 5.74) is 3.16. The van der Waals surface area contributed by atoms with Crippen LogP contribution in [-0.2, 0) is 5.41 Å². The van der Waals surface area contributed by atoms with Gasteiger partial charge in [0.15, 0.2) is 5.11 Å². The maximum absolute atomic E-state index is 5.41. The molecule has 0 atom stereocenters. The predicted molar refractivity (Wildman–Crippen MR) is 108 cm³/mol. The number of thiocarbonyl (C=S) groups is 1. The molecule has 0 unspecified atom stereocenters. The van der Waals surface area contributed by atoms with E-state index in [0.717, 1.165) is 41.6 Å². The number of likely N-dealkylation sites (N-methyl/N-ethyl adjacent to an activating group) is 1. The largest absolute Gasteiger partial charge is 0.357 e. The van der Waals surface area contributed by atoms with Crippen LogP contribution >= 0.6 is 12.2 Å². The number of rotatable bonds is 5. The van der Waals surface area contributed by atoms with Crippen molar-refractivity contribution in [2.24, 2.45) is 17.8 Å². The van der Waals surface area contributed by atoms with Crippen LogP contribution in [0.1, 0.15) is 44.1 Å². The molecule has 1 aromatic rings. The summed E-state index contributed by atoms with van der Waals surface area (Å²) in [4.78, 5) is 1.43. The van der Waals surface area contributed by atoms with Gasteiger partial charge in [-0.05, 0) is 91.6 Å². The molecule has 4 saturated carbocycles. The van der Waals surface area contributed by atoms with Gasteiger partial charge in [-0.3, -0.25) is 0 Å². The van der Waals surface area contributed by atoms with Gasteiger partial charge in [0.25, 0.3) is 0 Å². The van der Waals surface area contributed by atoms with Crippen LogP contribution in [0.15, 0.2) is 24.3 Å². The molecule has 4 fully saturated rings. The monoisotopic (exact) mass is 358 g/mol. The van der Waals surface area contributed by atoms with Crippen LogP contribution in [0.4, 0.5) is 5.69 Å². The maximum Gasteiger partial charge on any atom is 0.170 e. The normalized spacial score (nSPS) is 32.8. The molecule has 3 N–H and O–H groups in total. The van der Waals surface area contributed by atoms with Gasteiger partial charge in [-0.15, -0.1) is 0 Å². The van der Waals surface area contributed by atoms with Crippen LogP contribution in [-0.4, -0.2) is 32.3 Å². The van der Waals surface area contributed by atoms with E-state index in [1.54, 1.807) is 5.56 Å². The highest BCUT2D eigenvalue weighted by molar-refractivity contribution is 7.80. The first-order valence-electron chi connectivity index (χ1n) is 9.97. The zero-order valence-corrected chi connectivity index (χ0v) is 16.4. The molecule has 0 aliphatic heterocycles. The number of hydrogen-bond acceptors (Lipinski definition) is 1. The van der Waals surface area contributed by atoms with E-state index in [0.29, 0.717) is 5.41 Å². The lowest BCUT2D eigenvalue weighted by Crippen LogP contribution is -3.06. The minimum Gasteiger partial charge on any atom is -0.357 e. The predicted octanol–water partition coefficient (Wildman–Crippen LogP) is 2.59. The van der Waals surface area contributed by atoms with Crippen molar-refractivity contribution in [2.45, 2.75) is 43.9 Å². The summed E-state index contributed by atoms with van der Waals surface area (Å²) in [5, 5.41) is 7.34. The average Bonchev–Trinajstić information content (AvgIpc) is 2.53. The zero-order valence-electron chi connectivity index (χ0n) is 15.6. The molecule has 4 aliphatic rings. The van der Waals surface area contributed by atoms with E-state index in [-0.39, 0.29) is 0 Å². The molecule has 0 heterocycles. The smallest absolute Gasteiger partial charge is 0.170 e. The molecular formula is C21H32N3S+. The van der Waals surface area contributed by atoms with Gasteiger partial charge in [-0.1, -0.05) is 12.1 Å². The summed E-state index contributed by atoms with van der Waals surface area (Å²) < 4.78 is 0. The summed E-state index contributed by atoms with van der Waals surface area (Å²) >= 11 is 5.41. The van der Waals surface area contributed by atoms with Crippen LogP contribution in [0.2, 0.25) is 0 Å². The summed E-state index contributed by atoms with van der Waals surface area (Å²) in [6, 6.07) is 9.17. The lowest BCUT2D eigenvalue weighted by atomic mass is 9.48. The Kier molecular flexibility index (Phi) is 4.76. The minimum absolute atomic E-state index is 0.487.